The number of ether oxygens (including phenoxy) is 1. The summed E-state index contributed by atoms with van der Waals surface area (Å²) in [5.74, 6) is 0.860. The topological polar surface area (TPSA) is 41.6 Å². The predicted molar refractivity (Wildman–Crippen MR) is 92.6 cm³/mol. The number of nitrogens with one attached hydrogen (secondary N) is 1. The molecule has 2 amide bonds. The van der Waals surface area contributed by atoms with E-state index in [4.69, 9.17) is 4.74 Å². The minimum atomic E-state index is -0.0651. The Bertz CT molecular complexity index is 614. The van der Waals surface area contributed by atoms with Gasteiger partial charge in [0.25, 0.3) is 0 Å². The first-order valence-corrected chi connectivity index (χ1v) is 7.96. The van der Waals surface area contributed by atoms with E-state index in [0.717, 1.165) is 16.9 Å². The van der Waals surface area contributed by atoms with E-state index >= 15 is 0 Å². The summed E-state index contributed by atoms with van der Waals surface area (Å²) >= 11 is 0. The fourth-order valence-electron chi connectivity index (χ4n) is 2.28. The molecule has 0 radical (unpaired) electrons. The van der Waals surface area contributed by atoms with Gasteiger partial charge in [0.1, 0.15) is 12.4 Å². The number of hydrogen-bond acceptors (Lipinski definition) is 2. The largest absolute Gasteiger partial charge is 0.491 e. The molecule has 0 saturated carbocycles. The maximum atomic E-state index is 12.2. The van der Waals surface area contributed by atoms with E-state index in [-0.39, 0.29) is 6.03 Å². The SMILES string of the molecule is CCN(Cc1ccccc1)C(=O)NCCOc1ccccc1C. The molecule has 0 unspecified atom stereocenters. The molecule has 122 valence electrons. The molecule has 0 fully saturated rings. The van der Waals surface area contributed by atoms with E-state index in [2.05, 4.69) is 5.32 Å². The highest BCUT2D eigenvalue weighted by Gasteiger charge is 2.11. The number of carbonyl (C=O) groups is 1. The van der Waals surface area contributed by atoms with Crippen molar-refractivity contribution in [2.75, 3.05) is 19.7 Å². The van der Waals surface area contributed by atoms with Crippen LogP contribution in [-0.4, -0.2) is 30.6 Å². The van der Waals surface area contributed by atoms with Crippen LogP contribution in [0, 0.1) is 6.92 Å². The Morgan fingerprint density at radius 3 is 2.48 bits per heavy atom. The minimum absolute atomic E-state index is 0.0651. The molecule has 0 heterocycles. The number of nitrogens with zero attached hydrogens (tertiary/aromatic N) is 1. The van der Waals surface area contributed by atoms with Gasteiger partial charge in [0, 0.05) is 13.1 Å². The maximum absolute atomic E-state index is 12.2. The monoisotopic (exact) mass is 312 g/mol. The number of hydrogen-bond donors (Lipinski definition) is 1. The van der Waals surface area contributed by atoms with Crippen LogP contribution in [0.1, 0.15) is 18.1 Å². The van der Waals surface area contributed by atoms with E-state index in [9.17, 15) is 4.79 Å². The smallest absolute Gasteiger partial charge is 0.317 e. The fraction of sp³-hybridized carbons (Fsp3) is 0.316. The van der Waals surface area contributed by atoms with Crippen molar-refractivity contribution in [1.29, 1.82) is 0 Å². The van der Waals surface area contributed by atoms with Crippen molar-refractivity contribution in [3.63, 3.8) is 0 Å². The quantitative estimate of drug-likeness (QED) is 0.794. The fourth-order valence-corrected chi connectivity index (χ4v) is 2.28. The lowest BCUT2D eigenvalue weighted by Gasteiger charge is -2.21. The Labute approximate surface area is 138 Å². The second kappa shape index (κ2) is 8.83. The molecule has 0 bridgehead atoms. The molecule has 0 aliphatic carbocycles. The minimum Gasteiger partial charge on any atom is -0.491 e. The number of aryl methyl sites for hydroxylation is 1. The zero-order valence-corrected chi connectivity index (χ0v) is 13.8. The highest BCUT2D eigenvalue weighted by molar-refractivity contribution is 5.74. The Morgan fingerprint density at radius 2 is 1.78 bits per heavy atom. The van der Waals surface area contributed by atoms with Crippen molar-refractivity contribution in [1.82, 2.24) is 10.2 Å². The first-order chi connectivity index (χ1) is 11.2. The van der Waals surface area contributed by atoms with E-state index in [1.807, 2.05) is 68.4 Å². The summed E-state index contributed by atoms with van der Waals surface area (Å²) in [5, 5.41) is 2.91. The van der Waals surface area contributed by atoms with Gasteiger partial charge in [0.2, 0.25) is 0 Å². The second-order valence-electron chi connectivity index (χ2n) is 5.35. The highest BCUT2D eigenvalue weighted by atomic mass is 16.5. The lowest BCUT2D eigenvalue weighted by atomic mass is 10.2. The Morgan fingerprint density at radius 1 is 1.09 bits per heavy atom. The zero-order valence-electron chi connectivity index (χ0n) is 13.8. The molecule has 0 aliphatic heterocycles. The Kier molecular flexibility index (Phi) is 6.48. The van der Waals surface area contributed by atoms with Gasteiger partial charge in [0.05, 0.1) is 6.54 Å². The van der Waals surface area contributed by atoms with E-state index in [0.29, 0.717) is 26.2 Å². The van der Waals surface area contributed by atoms with Gasteiger partial charge in [-0.05, 0) is 31.0 Å². The number of rotatable bonds is 7. The van der Waals surface area contributed by atoms with Crippen LogP contribution in [0.5, 0.6) is 5.75 Å². The number of para-hydroxylation sites is 1. The van der Waals surface area contributed by atoms with Crippen LogP contribution < -0.4 is 10.1 Å². The van der Waals surface area contributed by atoms with Crippen molar-refractivity contribution < 1.29 is 9.53 Å². The van der Waals surface area contributed by atoms with Gasteiger partial charge in [-0.1, -0.05) is 48.5 Å². The lowest BCUT2D eigenvalue weighted by Crippen LogP contribution is -2.41. The summed E-state index contributed by atoms with van der Waals surface area (Å²) in [5.41, 5.74) is 2.22. The molecule has 0 saturated heterocycles. The van der Waals surface area contributed by atoms with Crippen molar-refractivity contribution in [3.8, 4) is 5.75 Å². The first-order valence-electron chi connectivity index (χ1n) is 7.96. The molecular formula is C19H24N2O2. The average Bonchev–Trinajstić information content (AvgIpc) is 2.58. The number of benzene rings is 2. The van der Waals surface area contributed by atoms with E-state index in [1.54, 1.807) is 4.90 Å². The highest BCUT2D eigenvalue weighted by Crippen LogP contribution is 2.15. The van der Waals surface area contributed by atoms with Crippen LogP contribution in [0.15, 0.2) is 54.6 Å². The summed E-state index contributed by atoms with van der Waals surface area (Å²) in [6.07, 6.45) is 0. The van der Waals surface area contributed by atoms with Crippen LogP contribution in [0.3, 0.4) is 0 Å². The molecule has 4 nitrogen and oxygen atoms in total. The summed E-state index contributed by atoms with van der Waals surface area (Å²) in [6, 6.07) is 17.8. The van der Waals surface area contributed by atoms with Gasteiger partial charge in [-0.15, -0.1) is 0 Å². The van der Waals surface area contributed by atoms with Gasteiger partial charge in [-0.25, -0.2) is 4.79 Å². The van der Waals surface area contributed by atoms with Crippen LogP contribution in [0.2, 0.25) is 0 Å². The van der Waals surface area contributed by atoms with Gasteiger partial charge in [-0.2, -0.15) is 0 Å². The average molecular weight is 312 g/mol. The predicted octanol–water partition coefficient (Wildman–Crippen LogP) is 3.61. The van der Waals surface area contributed by atoms with Crippen molar-refractivity contribution in [2.45, 2.75) is 20.4 Å². The molecule has 0 atom stereocenters. The third kappa shape index (κ3) is 5.33. The molecule has 4 heteroatoms. The molecular weight excluding hydrogens is 288 g/mol. The van der Waals surface area contributed by atoms with E-state index in [1.165, 1.54) is 0 Å². The Hall–Kier alpha value is -2.49. The van der Waals surface area contributed by atoms with E-state index < -0.39 is 0 Å². The van der Waals surface area contributed by atoms with Gasteiger partial charge >= 0.3 is 6.03 Å². The number of carbonyl (C=O) groups excluding carboxylic acids is 1. The summed E-state index contributed by atoms with van der Waals surface area (Å²) in [4.78, 5) is 14.0. The third-order valence-electron chi connectivity index (χ3n) is 3.61. The number of amides is 2. The van der Waals surface area contributed by atoms with Crippen molar-refractivity contribution in [2.24, 2.45) is 0 Å². The normalized spacial score (nSPS) is 10.2. The van der Waals surface area contributed by atoms with Gasteiger partial charge in [0.15, 0.2) is 0 Å². The molecule has 2 aromatic rings. The van der Waals surface area contributed by atoms with Crippen LogP contribution in [0.25, 0.3) is 0 Å². The Balaban J connectivity index is 1.75. The van der Waals surface area contributed by atoms with Gasteiger partial charge in [-0.3, -0.25) is 0 Å². The van der Waals surface area contributed by atoms with Gasteiger partial charge < -0.3 is 15.0 Å². The van der Waals surface area contributed by atoms with Crippen LogP contribution in [0.4, 0.5) is 4.79 Å². The first kappa shape index (κ1) is 16.9. The molecule has 0 aliphatic rings. The lowest BCUT2D eigenvalue weighted by molar-refractivity contribution is 0.195. The summed E-state index contributed by atoms with van der Waals surface area (Å²) < 4.78 is 5.69. The van der Waals surface area contributed by atoms with Crippen LogP contribution >= 0.6 is 0 Å². The van der Waals surface area contributed by atoms with Crippen molar-refractivity contribution in [3.05, 3.63) is 65.7 Å². The molecule has 23 heavy (non-hydrogen) atoms. The molecule has 1 N–H and O–H groups in total. The molecule has 2 rings (SSSR count). The second-order valence-corrected chi connectivity index (χ2v) is 5.35. The van der Waals surface area contributed by atoms with Crippen LogP contribution in [-0.2, 0) is 6.54 Å². The molecule has 0 aromatic heterocycles. The molecule has 0 spiro atoms. The van der Waals surface area contributed by atoms with Crippen molar-refractivity contribution >= 4 is 6.03 Å². The standard InChI is InChI=1S/C19H24N2O2/c1-3-21(15-17-10-5-4-6-11-17)19(22)20-13-14-23-18-12-8-7-9-16(18)2/h4-12H,3,13-15H2,1-2H3,(H,20,22). The molecule has 2 aromatic carbocycles. The summed E-state index contributed by atoms with van der Waals surface area (Å²) in [7, 11) is 0. The number of urea groups is 1. The zero-order chi connectivity index (χ0) is 16.5. The maximum Gasteiger partial charge on any atom is 0.317 e. The third-order valence-corrected chi connectivity index (χ3v) is 3.61. The summed E-state index contributed by atoms with van der Waals surface area (Å²) in [6.45, 7) is 6.21.